The van der Waals surface area contributed by atoms with Crippen LogP contribution in [0.2, 0.25) is 0 Å². The summed E-state index contributed by atoms with van der Waals surface area (Å²) in [6.07, 6.45) is 1.04. The maximum Gasteiger partial charge on any atom is 0.255 e. The number of hydrogen-bond acceptors (Lipinski definition) is 5. The molecule has 1 atom stereocenters. The lowest BCUT2D eigenvalue weighted by Gasteiger charge is -2.28. The van der Waals surface area contributed by atoms with Crippen molar-refractivity contribution < 1.29 is 4.79 Å². The second kappa shape index (κ2) is 9.28. The van der Waals surface area contributed by atoms with E-state index >= 15 is 0 Å². The normalized spacial score (nSPS) is 15.4. The fraction of sp³-hybridized carbons (Fsp3) is 0.261. The predicted octanol–water partition coefficient (Wildman–Crippen LogP) is 5.78. The summed E-state index contributed by atoms with van der Waals surface area (Å²) in [5.41, 5.74) is 4.26. The van der Waals surface area contributed by atoms with Gasteiger partial charge < -0.3 is 10.6 Å². The van der Waals surface area contributed by atoms with Crippen LogP contribution in [0.15, 0.2) is 69.4 Å². The SMILES string of the molecule is CCCSc1nc2n(n1)C(c1ccc(Br)cc1)C(C(=O)Nc1ccc(C)cc1)=C(C)N2. The van der Waals surface area contributed by atoms with Crippen LogP contribution in [0.5, 0.6) is 0 Å². The van der Waals surface area contributed by atoms with E-state index in [1.807, 2.05) is 67.1 Å². The highest BCUT2D eigenvalue weighted by Crippen LogP contribution is 2.37. The monoisotopic (exact) mass is 497 g/mol. The second-order valence-electron chi connectivity index (χ2n) is 7.45. The van der Waals surface area contributed by atoms with Crippen LogP contribution in [-0.4, -0.2) is 26.4 Å². The molecule has 0 saturated carbocycles. The lowest BCUT2D eigenvalue weighted by Crippen LogP contribution is -2.31. The maximum atomic E-state index is 13.4. The van der Waals surface area contributed by atoms with E-state index in [0.29, 0.717) is 16.7 Å². The molecule has 3 aromatic rings. The molecular formula is C23H24BrN5OS. The molecule has 0 aliphatic carbocycles. The van der Waals surface area contributed by atoms with E-state index in [2.05, 4.69) is 38.5 Å². The minimum Gasteiger partial charge on any atom is -0.328 e. The molecule has 0 fully saturated rings. The molecule has 1 aliphatic heterocycles. The Kier molecular flexibility index (Phi) is 6.48. The summed E-state index contributed by atoms with van der Waals surface area (Å²) in [6.45, 7) is 6.06. The van der Waals surface area contributed by atoms with E-state index in [1.165, 1.54) is 0 Å². The quantitative estimate of drug-likeness (QED) is 0.422. The highest BCUT2D eigenvalue weighted by atomic mass is 79.9. The maximum absolute atomic E-state index is 13.4. The number of amides is 1. The number of hydrogen-bond donors (Lipinski definition) is 2. The Balaban J connectivity index is 1.74. The molecule has 4 rings (SSSR count). The molecule has 0 saturated heterocycles. The first-order valence-corrected chi connectivity index (χ1v) is 11.9. The summed E-state index contributed by atoms with van der Waals surface area (Å²) in [5.74, 6) is 1.43. The number of halogens is 1. The van der Waals surface area contributed by atoms with Gasteiger partial charge in [0.15, 0.2) is 0 Å². The van der Waals surface area contributed by atoms with Gasteiger partial charge in [-0.1, -0.05) is 64.4 Å². The minimum atomic E-state index is -0.377. The van der Waals surface area contributed by atoms with Gasteiger partial charge in [-0.15, -0.1) is 5.10 Å². The average molecular weight is 498 g/mol. The average Bonchev–Trinajstić information content (AvgIpc) is 3.15. The molecule has 160 valence electrons. The highest BCUT2D eigenvalue weighted by Gasteiger charge is 2.34. The summed E-state index contributed by atoms with van der Waals surface area (Å²) >= 11 is 5.12. The van der Waals surface area contributed by atoms with Crippen LogP contribution in [0.3, 0.4) is 0 Å². The van der Waals surface area contributed by atoms with Crippen molar-refractivity contribution >= 4 is 45.2 Å². The van der Waals surface area contributed by atoms with Crippen molar-refractivity contribution in [1.29, 1.82) is 0 Å². The van der Waals surface area contributed by atoms with E-state index in [0.717, 1.165) is 39.2 Å². The molecule has 0 radical (unpaired) electrons. The lowest BCUT2D eigenvalue weighted by atomic mass is 9.95. The molecule has 1 amide bonds. The number of aryl methyl sites for hydroxylation is 1. The molecule has 6 nitrogen and oxygen atoms in total. The first kappa shape index (κ1) is 21.6. The summed E-state index contributed by atoms with van der Waals surface area (Å²) in [6, 6.07) is 15.4. The number of allylic oxidation sites excluding steroid dienone is 1. The standard InChI is InChI=1S/C23H24BrN5OS/c1-4-13-31-23-27-22-25-15(3)19(21(30)26-18-11-5-14(2)6-12-18)20(29(22)28-23)16-7-9-17(24)10-8-16/h5-12,20H,4,13H2,1-3H3,(H,26,30)(H,25,27,28). The van der Waals surface area contributed by atoms with Gasteiger partial charge in [0.25, 0.3) is 5.91 Å². The van der Waals surface area contributed by atoms with Crippen LogP contribution < -0.4 is 10.6 Å². The number of thioether (sulfide) groups is 1. The fourth-order valence-electron chi connectivity index (χ4n) is 3.47. The molecule has 31 heavy (non-hydrogen) atoms. The number of nitrogens with zero attached hydrogens (tertiary/aromatic N) is 3. The Hall–Kier alpha value is -2.58. The lowest BCUT2D eigenvalue weighted by molar-refractivity contribution is -0.113. The Morgan fingerprint density at radius 2 is 1.87 bits per heavy atom. The van der Waals surface area contributed by atoms with E-state index in [9.17, 15) is 4.79 Å². The van der Waals surface area contributed by atoms with Gasteiger partial charge in [0, 0.05) is 21.6 Å². The van der Waals surface area contributed by atoms with E-state index < -0.39 is 0 Å². The molecule has 2 aromatic carbocycles. The van der Waals surface area contributed by atoms with Crippen LogP contribution in [0.1, 0.15) is 37.4 Å². The van der Waals surface area contributed by atoms with Crippen LogP contribution >= 0.6 is 27.7 Å². The number of anilines is 2. The minimum absolute atomic E-state index is 0.161. The van der Waals surface area contributed by atoms with E-state index in [1.54, 1.807) is 11.8 Å². The third-order valence-electron chi connectivity index (χ3n) is 5.01. The van der Waals surface area contributed by atoms with Crippen molar-refractivity contribution in [3.63, 3.8) is 0 Å². The number of aromatic nitrogens is 3. The molecule has 1 unspecified atom stereocenters. The summed E-state index contributed by atoms with van der Waals surface area (Å²) in [5, 5.41) is 11.8. The van der Waals surface area contributed by atoms with Gasteiger partial charge in [-0.2, -0.15) is 4.98 Å². The first-order chi connectivity index (χ1) is 15.0. The number of carbonyl (C=O) groups excluding carboxylic acids is 1. The fourth-order valence-corrected chi connectivity index (χ4v) is 4.42. The summed E-state index contributed by atoms with van der Waals surface area (Å²) in [4.78, 5) is 18.1. The Labute approximate surface area is 194 Å². The number of carbonyl (C=O) groups is 1. The van der Waals surface area contributed by atoms with Crippen molar-refractivity contribution in [2.75, 3.05) is 16.4 Å². The van der Waals surface area contributed by atoms with Gasteiger partial charge >= 0.3 is 0 Å². The smallest absolute Gasteiger partial charge is 0.255 e. The predicted molar refractivity (Wildman–Crippen MR) is 129 cm³/mol. The summed E-state index contributed by atoms with van der Waals surface area (Å²) < 4.78 is 2.80. The Morgan fingerprint density at radius 3 is 2.55 bits per heavy atom. The summed E-state index contributed by atoms with van der Waals surface area (Å²) in [7, 11) is 0. The zero-order valence-electron chi connectivity index (χ0n) is 17.6. The van der Waals surface area contributed by atoms with Crippen molar-refractivity contribution in [2.45, 2.75) is 38.4 Å². The molecule has 1 aromatic heterocycles. The van der Waals surface area contributed by atoms with Gasteiger partial charge in [0.05, 0.1) is 5.57 Å². The van der Waals surface area contributed by atoms with Gasteiger partial charge in [-0.25, -0.2) is 4.68 Å². The van der Waals surface area contributed by atoms with Gasteiger partial charge in [0.2, 0.25) is 11.1 Å². The molecule has 0 bridgehead atoms. The molecular weight excluding hydrogens is 474 g/mol. The van der Waals surface area contributed by atoms with Gasteiger partial charge in [0.1, 0.15) is 6.04 Å². The first-order valence-electron chi connectivity index (χ1n) is 10.2. The molecule has 0 spiro atoms. The van der Waals surface area contributed by atoms with Gasteiger partial charge in [-0.05, 0) is 50.1 Å². The van der Waals surface area contributed by atoms with Crippen LogP contribution in [0, 0.1) is 6.92 Å². The third-order valence-corrected chi connectivity index (χ3v) is 6.58. The van der Waals surface area contributed by atoms with Crippen LogP contribution in [-0.2, 0) is 4.79 Å². The molecule has 1 aliphatic rings. The highest BCUT2D eigenvalue weighted by molar-refractivity contribution is 9.10. The van der Waals surface area contributed by atoms with E-state index in [-0.39, 0.29) is 11.9 Å². The number of rotatable bonds is 6. The zero-order chi connectivity index (χ0) is 22.0. The Morgan fingerprint density at radius 1 is 1.16 bits per heavy atom. The van der Waals surface area contributed by atoms with Crippen LogP contribution in [0.25, 0.3) is 0 Å². The second-order valence-corrected chi connectivity index (χ2v) is 9.43. The van der Waals surface area contributed by atoms with Crippen molar-refractivity contribution in [1.82, 2.24) is 14.8 Å². The largest absolute Gasteiger partial charge is 0.328 e. The van der Waals surface area contributed by atoms with Crippen molar-refractivity contribution in [3.8, 4) is 0 Å². The number of benzene rings is 2. The Bertz CT molecular complexity index is 1120. The number of fused-ring (bicyclic) bond motifs is 1. The molecule has 2 heterocycles. The zero-order valence-corrected chi connectivity index (χ0v) is 20.0. The molecule has 2 N–H and O–H groups in total. The van der Waals surface area contributed by atoms with Gasteiger partial charge in [-0.3, -0.25) is 4.79 Å². The molecule has 8 heteroatoms. The van der Waals surface area contributed by atoms with Crippen molar-refractivity contribution in [3.05, 3.63) is 75.4 Å². The third kappa shape index (κ3) is 4.70. The van der Waals surface area contributed by atoms with E-state index in [4.69, 9.17) is 5.10 Å². The number of nitrogens with one attached hydrogen (secondary N) is 2. The van der Waals surface area contributed by atoms with Crippen LogP contribution in [0.4, 0.5) is 11.6 Å². The van der Waals surface area contributed by atoms with Crippen molar-refractivity contribution in [2.24, 2.45) is 0 Å². The topological polar surface area (TPSA) is 71.8 Å².